The van der Waals surface area contributed by atoms with Crippen molar-refractivity contribution in [2.45, 2.75) is 36.7 Å². The van der Waals surface area contributed by atoms with Gasteiger partial charge in [0.15, 0.2) is 11.0 Å². The monoisotopic (exact) mass is 405 g/mol. The van der Waals surface area contributed by atoms with Gasteiger partial charge < -0.3 is 4.90 Å². The summed E-state index contributed by atoms with van der Waals surface area (Å²) in [5.41, 5.74) is 1.12. The Balaban J connectivity index is 1.63. The first-order valence-corrected chi connectivity index (χ1v) is 10.7. The summed E-state index contributed by atoms with van der Waals surface area (Å²) in [4.78, 5) is 22.5. The predicted octanol–water partition coefficient (Wildman–Crippen LogP) is 2.99. The molecule has 144 valence electrons. The summed E-state index contributed by atoms with van der Waals surface area (Å²) in [5, 5.41) is 5.58. The molecule has 3 heterocycles. The molecule has 1 aromatic heterocycles. The minimum atomic E-state index is -0.236. The molecule has 4 rings (SSSR count). The van der Waals surface area contributed by atoms with Crippen molar-refractivity contribution in [1.29, 1.82) is 0 Å². The third kappa shape index (κ3) is 3.66. The smallest absolute Gasteiger partial charge is 0.264 e. The Morgan fingerprint density at radius 1 is 1.19 bits per heavy atom. The fourth-order valence-electron chi connectivity index (χ4n) is 3.79. The van der Waals surface area contributed by atoms with E-state index in [1.54, 1.807) is 0 Å². The first kappa shape index (κ1) is 18.9. The fourth-order valence-corrected chi connectivity index (χ4v) is 5.19. The van der Waals surface area contributed by atoms with E-state index in [2.05, 4.69) is 26.8 Å². The minimum Gasteiger partial charge on any atom is -0.301 e. The Morgan fingerprint density at radius 3 is 2.48 bits per heavy atom. The second-order valence-corrected chi connectivity index (χ2v) is 8.46. The second-order valence-electron chi connectivity index (χ2n) is 6.92. The number of halogens is 1. The number of hydrogen-bond acceptors (Lipinski definition) is 6. The molecule has 0 N–H and O–H groups in total. The van der Waals surface area contributed by atoms with Crippen LogP contribution in [-0.2, 0) is 6.42 Å². The Bertz CT molecular complexity index is 816. The highest BCUT2D eigenvalue weighted by atomic mass is 35.5. The van der Waals surface area contributed by atoms with Gasteiger partial charge in [0.05, 0.1) is 6.04 Å². The maximum atomic E-state index is 13.1. The zero-order valence-electron chi connectivity index (χ0n) is 15.6. The number of rotatable bonds is 5. The highest BCUT2D eigenvalue weighted by Crippen LogP contribution is 2.41. The standard InChI is InChI=1S/C19H24ClN5OS/c1-3-15-21-19-25(22-15)18(26)17(27-19)16(13-5-7-14(20)8-6-13)24-11-9-23(4-2)10-12-24/h5-8,16-17H,3-4,9-12H2,1-2H3. The molecule has 6 nitrogen and oxygen atoms in total. The van der Waals surface area contributed by atoms with Gasteiger partial charge in [0, 0.05) is 37.6 Å². The van der Waals surface area contributed by atoms with E-state index < -0.39 is 0 Å². The van der Waals surface area contributed by atoms with Crippen LogP contribution in [0.25, 0.3) is 0 Å². The highest BCUT2D eigenvalue weighted by molar-refractivity contribution is 8.00. The van der Waals surface area contributed by atoms with E-state index in [0.717, 1.165) is 50.5 Å². The summed E-state index contributed by atoms with van der Waals surface area (Å²) < 4.78 is 1.50. The molecule has 0 spiro atoms. The zero-order valence-corrected chi connectivity index (χ0v) is 17.2. The molecule has 0 amide bonds. The van der Waals surface area contributed by atoms with Gasteiger partial charge in [-0.2, -0.15) is 4.68 Å². The molecular formula is C19H24ClN5OS. The quantitative estimate of drug-likeness (QED) is 0.762. The van der Waals surface area contributed by atoms with Crippen molar-refractivity contribution in [3.8, 4) is 0 Å². The molecule has 2 aliphatic rings. The van der Waals surface area contributed by atoms with Gasteiger partial charge in [-0.25, -0.2) is 4.98 Å². The summed E-state index contributed by atoms with van der Waals surface area (Å²) >= 11 is 7.64. The number of hydrogen-bond donors (Lipinski definition) is 0. The van der Waals surface area contributed by atoms with Gasteiger partial charge in [-0.05, 0) is 24.2 Å². The van der Waals surface area contributed by atoms with Gasteiger partial charge in [-0.1, -0.05) is 49.3 Å². The van der Waals surface area contributed by atoms with Gasteiger partial charge in [-0.3, -0.25) is 9.69 Å². The molecule has 27 heavy (non-hydrogen) atoms. The molecule has 0 radical (unpaired) electrons. The van der Waals surface area contributed by atoms with Crippen LogP contribution in [0.3, 0.4) is 0 Å². The summed E-state index contributed by atoms with van der Waals surface area (Å²) in [6, 6.07) is 7.88. The van der Waals surface area contributed by atoms with Crippen LogP contribution in [0.1, 0.15) is 36.1 Å². The molecule has 2 atom stereocenters. The van der Waals surface area contributed by atoms with E-state index in [1.165, 1.54) is 16.4 Å². The maximum absolute atomic E-state index is 13.1. The van der Waals surface area contributed by atoms with Crippen molar-refractivity contribution >= 4 is 29.3 Å². The molecule has 2 aliphatic heterocycles. The number of piperazine rings is 1. The molecule has 8 heteroatoms. The third-order valence-electron chi connectivity index (χ3n) is 5.37. The Labute approximate surface area is 168 Å². The first-order valence-electron chi connectivity index (χ1n) is 9.49. The van der Waals surface area contributed by atoms with E-state index >= 15 is 0 Å². The van der Waals surface area contributed by atoms with Gasteiger partial charge >= 0.3 is 0 Å². The van der Waals surface area contributed by atoms with Crippen molar-refractivity contribution in [3.63, 3.8) is 0 Å². The maximum Gasteiger partial charge on any atom is 0.264 e. The van der Waals surface area contributed by atoms with Crippen molar-refractivity contribution in [2.24, 2.45) is 0 Å². The van der Waals surface area contributed by atoms with Crippen LogP contribution in [-0.4, -0.2) is 68.4 Å². The lowest BCUT2D eigenvalue weighted by Crippen LogP contribution is -2.50. The largest absolute Gasteiger partial charge is 0.301 e. The molecule has 1 aromatic carbocycles. The number of thioether (sulfide) groups is 1. The van der Waals surface area contributed by atoms with Gasteiger partial charge in [0.1, 0.15) is 5.25 Å². The molecule has 1 fully saturated rings. The Kier molecular flexibility index (Phi) is 5.55. The zero-order chi connectivity index (χ0) is 19.0. The van der Waals surface area contributed by atoms with Crippen molar-refractivity contribution < 1.29 is 4.79 Å². The van der Waals surface area contributed by atoms with E-state index in [9.17, 15) is 4.79 Å². The Morgan fingerprint density at radius 2 is 1.89 bits per heavy atom. The number of carbonyl (C=O) groups excluding carboxylic acids is 1. The third-order valence-corrected chi connectivity index (χ3v) is 6.81. The van der Waals surface area contributed by atoms with Crippen LogP contribution in [0.4, 0.5) is 0 Å². The molecule has 0 saturated carbocycles. The molecule has 2 unspecified atom stereocenters. The lowest BCUT2D eigenvalue weighted by molar-refractivity contribution is 0.0739. The molecular weight excluding hydrogens is 382 g/mol. The van der Waals surface area contributed by atoms with Crippen LogP contribution in [0.15, 0.2) is 29.4 Å². The number of aryl methyl sites for hydroxylation is 1. The van der Waals surface area contributed by atoms with Crippen LogP contribution in [0.5, 0.6) is 0 Å². The number of carbonyl (C=O) groups is 1. The normalized spacial score (nSPS) is 22.2. The minimum absolute atomic E-state index is 0.00708. The molecule has 1 saturated heterocycles. The van der Waals surface area contributed by atoms with E-state index in [1.807, 2.05) is 31.2 Å². The topological polar surface area (TPSA) is 54.3 Å². The van der Waals surface area contributed by atoms with E-state index in [4.69, 9.17) is 11.6 Å². The van der Waals surface area contributed by atoms with Gasteiger partial charge in [-0.15, -0.1) is 5.10 Å². The van der Waals surface area contributed by atoms with Gasteiger partial charge in [0.25, 0.3) is 5.91 Å². The molecule has 2 aromatic rings. The summed E-state index contributed by atoms with van der Waals surface area (Å²) in [6.07, 6.45) is 0.734. The van der Waals surface area contributed by atoms with E-state index in [-0.39, 0.29) is 17.2 Å². The van der Waals surface area contributed by atoms with Crippen LogP contribution >= 0.6 is 23.4 Å². The predicted molar refractivity (Wildman–Crippen MR) is 108 cm³/mol. The lowest BCUT2D eigenvalue weighted by Gasteiger charge is -2.40. The van der Waals surface area contributed by atoms with Crippen molar-refractivity contribution in [1.82, 2.24) is 24.6 Å². The van der Waals surface area contributed by atoms with Gasteiger partial charge in [0.2, 0.25) is 0 Å². The number of benzene rings is 1. The van der Waals surface area contributed by atoms with Crippen LogP contribution in [0.2, 0.25) is 5.02 Å². The lowest BCUT2D eigenvalue weighted by atomic mass is 10.00. The summed E-state index contributed by atoms with van der Waals surface area (Å²) in [5.74, 6) is 0.754. The second kappa shape index (κ2) is 7.91. The summed E-state index contributed by atoms with van der Waals surface area (Å²) in [7, 11) is 0. The first-order chi connectivity index (χ1) is 13.1. The number of nitrogens with zero attached hydrogens (tertiary/aromatic N) is 5. The summed E-state index contributed by atoms with van der Waals surface area (Å²) in [6.45, 7) is 9.20. The Hall–Kier alpha value is -1.41. The molecule has 0 aliphatic carbocycles. The van der Waals surface area contributed by atoms with E-state index in [0.29, 0.717) is 10.2 Å². The van der Waals surface area contributed by atoms with Crippen molar-refractivity contribution in [3.05, 3.63) is 40.7 Å². The van der Waals surface area contributed by atoms with Crippen LogP contribution in [0, 0.1) is 0 Å². The molecule has 0 bridgehead atoms. The number of fused-ring (bicyclic) bond motifs is 1. The van der Waals surface area contributed by atoms with Crippen molar-refractivity contribution in [2.75, 3.05) is 32.7 Å². The fraction of sp³-hybridized carbons (Fsp3) is 0.526. The SMILES string of the molecule is CCc1nc2n(n1)C(=O)C(C(c1ccc(Cl)cc1)N1CCN(CC)CC1)S2. The number of aromatic nitrogens is 3. The highest BCUT2D eigenvalue weighted by Gasteiger charge is 2.43. The average Bonchev–Trinajstić information content (AvgIpc) is 3.23. The average molecular weight is 406 g/mol. The number of likely N-dealkylation sites (N-methyl/N-ethyl adjacent to an activating group) is 1. The van der Waals surface area contributed by atoms with Crippen LogP contribution < -0.4 is 0 Å².